The fourth-order valence-electron chi connectivity index (χ4n) is 7.85. The smallest absolute Gasteiger partial charge is 0.228 e. The van der Waals surface area contributed by atoms with Crippen LogP contribution in [-0.4, -0.2) is 54.4 Å². The summed E-state index contributed by atoms with van der Waals surface area (Å²) >= 11 is 0. The van der Waals surface area contributed by atoms with Gasteiger partial charge < -0.3 is 15.0 Å². The lowest BCUT2D eigenvalue weighted by Crippen LogP contribution is -2.55. The lowest BCUT2D eigenvalue weighted by Gasteiger charge is -2.47. The number of nitrogens with one attached hydrogen (secondary N) is 1. The van der Waals surface area contributed by atoms with E-state index in [9.17, 15) is 9.59 Å². The molecule has 4 atom stereocenters. The molecule has 2 saturated heterocycles. The molecule has 1 unspecified atom stereocenters. The molecule has 6 nitrogen and oxygen atoms in total. The van der Waals surface area contributed by atoms with Crippen molar-refractivity contribution >= 4 is 11.7 Å². The van der Waals surface area contributed by atoms with Crippen molar-refractivity contribution < 1.29 is 14.3 Å². The maximum atomic E-state index is 14.5. The number of likely N-dealkylation sites (tertiary alicyclic amines) is 1. The SMILES string of the molecule is COc1ccc2c(n1)C(=O)CC[C@]21CNCC1C(=O)N1CC[C@@H](c2ccccc2)C[C@H]1C1CCCCC1. The first kappa shape index (κ1) is 24.6. The van der Waals surface area contributed by atoms with Crippen molar-refractivity contribution in [3.63, 3.8) is 0 Å². The topological polar surface area (TPSA) is 71.5 Å². The molecule has 3 heterocycles. The molecule has 0 bridgehead atoms. The number of hydrogen-bond donors (Lipinski definition) is 1. The minimum Gasteiger partial charge on any atom is -0.481 e. The number of nitrogens with zero attached hydrogens (tertiary/aromatic N) is 2. The normalized spacial score (nSPS) is 30.4. The fraction of sp³-hybridized carbons (Fsp3) is 0.581. The minimum absolute atomic E-state index is 0.0568. The minimum atomic E-state index is -0.382. The Bertz CT molecular complexity index is 1150. The third kappa shape index (κ3) is 4.37. The van der Waals surface area contributed by atoms with Crippen molar-refractivity contribution in [2.45, 2.75) is 75.2 Å². The zero-order chi connectivity index (χ0) is 25.4. The van der Waals surface area contributed by atoms with Crippen LogP contribution in [0.3, 0.4) is 0 Å². The number of rotatable bonds is 4. The number of benzene rings is 1. The van der Waals surface area contributed by atoms with E-state index < -0.39 is 0 Å². The standard InChI is InChI=1S/C31H39N3O3/c1-37-28-13-12-24-29(33-28)27(35)14-16-31(24)20-32-19-25(31)30(36)34-17-15-23(21-8-4-2-5-9-21)18-26(34)22-10-6-3-7-11-22/h2,4-5,8-9,12-13,22-23,25-26,32H,3,6-7,10-11,14-20H2,1H3/t23-,25?,26+,31+/m1/s1. The van der Waals surface area contributed by atoms with Crippen LogP contribution in [0.1, 0.15) is 85.3 Å². The number of carbonyl (C=O) groups excluding carboxylic acids is 2. The molecular formula is C31H39N3O3. The summed E-state index contributed by atoms with van der Waals surface area (Å²) in [5, 5.41) is 3.55. The largest absolute Gasteiger partial charge is 0.481 e. The van der Waals surface area contributed by atoms with Gasteiger partial charge in [0, 0.05) is 43.6 Å². The highest BCUT2D eigenvalue weighted by Crippen LogP contribution is 2.47. The zero-order valence-corrected chi connectivity index (χ0v) is 22.0. The summed E-state index contributed by atoms with van der Waals surface area (Å²) in [6, 6.07) is 15.0. The first-order chi connectivity index (χ1) is 18.1. The van der Waals surface area contributed by atoms with E-state index in [2.05, 4.69) is 45.5 Å². The average Bonchev–Trinajstić information content (AvgIpc) is 3.39. The highest BCUT2D eigenvalue weighted by atomic mass is 16.5. The summed E-state index contributed by atoms with van der Waals surface area (Å²) in [5.41, 5.74) is 2.46. The molecule has 2 aliphatic carbocycles. The van der Waals surface area contributed by atoms with Crippen molar-refractivity contribution in [2.75, 3.05) is 26.7 Å². The molecule has 2 aliphatic heterocycles. The zero-order valence-electron chi connectivity index (χ0n) is 22.0. The van der Waals surface area contributed by atoms with Gasteiger partial charge in [-0.3, -0.25) is 9.59 Å². The van der Waals surface area contributed by atoms with Crippen molar-refractivity contribution in [3.05, 3.63) is 59.3 Å². The number of ether oxygens (including phenoxy) is 1. The van der Waals surface area contributed by atoms with Crippen LogP contribution in [0.5, 0.6) is 5.88 Å². The number of hydrogen-bond acceptors (Lipinski definition) is 5. The maximum absolute atomic E-state index is 14.5. The molecule has 37 heavy (non-hydrogen) atoms. The van der Waals surface area contributed by atoms with E-state index in [1.165, 1.54) is 37.7 Å². The Kier molecular flexibility index (Phi) is 6.78. The predicted molar refractivity (Wildman–Crippen MR) is 143 cm³/mol. The van der Waals surface area contributed by atoms with Crippen molar-refractivity contribution in [1.82, 2.24) is 15.2 Å². The molecule has 0 radical (unpaired) electrons. The molecule has 1 spiro atoms. The number of pyridine rings is 1. The van der Waals surface area contributed by atoms with E-state index in [0.29, 0.717) is 55.4 Å². The van der Waals surface area contributed by atoms with Crippen LogP contribution in [0.25, 0.3) is 0 Å². The van der Waals surface area contributed by atoms with Gasteiger partial charge >= 0.3 is 0 Å². The fourth-order valence-corrected chi connectivity index (χ4v) is 7.85. The summed E-state index contributed by atoms with van der Waals surface area (Å²) < 4.78 is 5.32. The lowest BCUT2D eigenvalue weighted by molar-refractivity contribution is -0.143. The first-order valence-corrected chi connectivity index (χ1v) is 14.3. The second-order valence-corrected chi connectivity index (χ2v) is 11.6. The molecule has 1 aromatic carbocycles. The number of aromatic nitrogens is 1. The van der Waals surface area contributed by atoms with Gasteiger partial charge in [0.1, 0.15) is 5.69 Å². The summed E-state index contributed by atoms with van der Waals surface area (Å²) in [6.45, 7) is 2.19. The first-order valence-electron chi connectivity index (χ1n) is 14.3. The van der Waals surface area contributed by atoms with Gasteiger partial charge in [0.15, 0.2) is 5.78 Å². The van der Waals surface area contributed by atoms with E-state index in [-0.39, 0.29) is 23.0 Å². The second kappa shape index (κ2) is 10.2. The molecule has 196 valence electrons. The van der Waals surface area contributed by atoms with Gasteiger partial charge in [0.05, 0.1) is 13.0 Å². The third-order valence-electron chi connectivity index (χ3n) is 9.82. The van der Waals surface area contributed by atoms with E-state index in [1.807, 2.05) is 12.1 Å². The van der Waals surface area contributed by atoms with Gasteiger partial charge in [-0.2, -0.15) is 0 Å². The summed E-state index contributed by atoms with van der Waals surface area (Å²) in [6.07, 6.45) is 9.52. The van der Waals surface area contributed by atoms with E-state index in [1.54, 1.807) is 7.11 Å². The van der Waals surface area contributed by atoms with Gasteiger partial charge in [0.2, 0.25) is 11.8 Å². The second-order valence-electron chi connectivity index (χ2n) is 11.6. The molecular weight excluding hydrogens is 462 g/mol. The lowest BCUT2D eigenvalue weighted by atomic mass is 9.64. The summed E-state index contributed by atoms with van der Waals surface area (Å²) in [4.78, 5) is 34.2. The van der Waals surface area contributed by atoms with Crippen molar-refractivity contribution in [2.24, 2.45) is 11.8 Å². The van der Waals surface area contributed by atoms with Crippen molar-refractivity contribution in [1.29, 1.82) is 0 Å². The Labute approximate surface area is 220 Å². The Balaban J connectivity index is 1.32. The summed E-state index contributed by atoms with van der Waals surface area (Å²) in [5.74, 6) is 1.72. The molecule has 1 amide bonds. The molecule has 3 fully saturated rings. The van der Waals surface area contributed by atoms with Crippen LogP contribution in [0.2, 0.25) is 0 Å². The van der Waals surface area contributed by atoms with Crippen LogP contribution < -0.4 is 10.1 Å². The van der Waals surface area contributed by atoms with Crippen LogP contribution in [0.4, 0.5) is 0 Å². The monoisotopic (exact) mass is 501 g/mol. The number of carbonyl (C=O) groups is 2. The van der Waals surface area contributed by atoms with Gasteiger partial charge in [-0.15, -0.1) is 0 Å². The van der Waals surface area contributed by atoms with Gasteiger partial charge in [0.25, 0.3) is 0 Å². The number of amides is 1. The molecule has 4 aliphatic rings. The van der Waals surface area contributed by atoms with Crippen LogP contribution in [0, 0.1) is 11.8 Å². The molecule has 1 saturated carbocycles. The highest BCUT2D eigenvalue weighted by molar-refractivity contribution is 5.98. The molecule has 1 N–H and O–H groups in total. The Hall–Kier alpha value is -2.73. The number of ketones is 1. The molecule has 1 aromatic heterocycles. The van der Waals surface area contributed by atoms with Crippen LogP contribution >= 0.6 is 0 Å². The van der Waals surface area contributed by atoms with Crippen LogP contribution in [-0.2, 0) is 10.2 Å². The van der Waals surface area contributed by atoms with Gasteiger partial charge in [-0.1, -0.05) is 55.7 Å². The number of Topliss-reactive ketones (excluding diaryl/α,β-unsaturated/α-hetero) is 1. The van der Waals surface area contributed by atoms with Gasteiger partial charge in [-0.05, 0) is 55.1 Å². The average molecular weight is 502 g/mol. The predicted octanol–water partition coefficient (Wildman–Crippen LogP) is 4.88. The van der Waals surface area contributed by atoms with Crippen molar-refractivity contribution in [3.8, 4) is 5.88 Å². The summed E-state index contributed by atoms with van der Waals surface area (Å²) in [7, 11) is 1.58. The molecule has 6 heteroatoms. The molecule has 2 aromatic rings. The Morgan fingerprint density at radius 3 is 2.68 bits per heavy atom. The number of piperidine rings is 1. The number of fused-ring (bicyclic) bond motifs is 2. The quantitative estimate of drug-likeness (QED) is 0.647. The maximum Gasteiger partial charge on any atom is 0.228 e. The van der Waals surface area contributed by atoms with E-state index >= 15 is 0 Å². The van der Waals surface area contributed by atoms with E-state index in [0.717, 1.165) is 24.9 Å². The number of methoxy groups -OCH3 is 1. The highest BCUT2D eigenvalue weighted by Gasteiger charge is 2.54. The third-order valence-corrected chi connectivity index (χ3v) is 9.82. The van der Waals surface area contributed by atoms with Gasteiger partial charge in [-0.25, -0.2) is 4.98 Å². The van der Waals surface area contributed by atoms with Crippen LogP contribution in [0.15, 0.2) is 42.5 Å². The Morgan fingerprint density at radius 2 is 1.89 bits per heavy atom. The molecule has 6 rings (SSSR count). The Morgan fingerprint density at radius 1 is 1.08 bits per heavy atom. The van der Waals surface area contributed by atoms with E-state index in [4.69, 9.17) is 4.74 Å².